The molecular formula is C139H119N3O. The summed E-state index contributed by atoms with van der Waals surface area (Å²) in [5.74, 6) is 0. The van der Waals surface area contributed by atoms with Gasteiger partial charge in [-0.15, -0.1) is 0 Å². The number of rotatable bonds is 14. The van der Waals surface area contributed by atoms with E-state index in [9.17, 15) is 0 Å². The molecule has 4 heteroatoms. The lowest BCUT2D eigenvalue weighted by Crippen LogP contribution is -2.43. The third-order valence-corrected chi connectivity index (χ3v) is 33.6. The predicted molar refractivity (Wildman–Crippen MR) is 607 cm³/mol. The minimum Gasteiger partial charge on any atom is -0.456 e. The van der Waals surface area contributed by atoms with Gasteiger partial charge in [-0.1, -0.05) is 431 Å². The zero-order valence-corrected chi connectivity index (χ0v) is 84.2. The van der Waals surface area contributed by atoms with Crippen molar-refractivity contribution in [3.8, 4) is 100 Å². The highest BCUT2D eigenvalue weighted by Crippen LogP contribution is 2.62. The summed E-state index contributed by atoms with van der Waals surface area (Å²) in [7, 11) is 0. The first-order chi connectivity index (χ1) is 69.2. The molecule has 0 aliphatic heterocycles. The largest absolute Gasteiger partial charge is 0.456 e. The van der Waals surface area contributed by atoms with Gasteiger partial charge < -0.3 is 19.1 Å². The van der Waals surface area contributed by atoms with E-state index in [1.54, 1.807) is 0 Å². The van der Waals surface area contributed by atoms with Gasteiger partial charge in [-0.25, -0.2) is 0 Å². The van der Waals surface area contributed by atoms with Gasteiger partial charge in [0.2, 0.25) is 0 Å². The second-order valence-corrected chi connectivity index (χ2v) is 43.1. The molecule has 20 aromatic carbocycles. The number of furan rings is 1. The molecule has 1 aromatic heterocycles. The molecule has 0 atom stereocenters. The van der Waals surface area contributed by atoms with Crippen LogP contribution >= 0.6 is 0 Å². The third kappa shape index (κ3) is 15.3. The molecule has 0 N–H and O–H groups in total. The molecule has 0 saturated heterocycles. The van der Waals surface area contributed by atoms with E-state index in [2.05, 4.69) is 573 Å². The Morgan fingerprint density at radius 1 is 0.168 bits per heavy atom. The average Bonchev–Trinajstić information content (AvgIpc) is 1.68. The molecule has 4 nitrogen and oxygen atoms in total. The number of para-hydroxylation sites is 3. The van der Waals surface area contributed by atoms with Crippen LogP contribution in [0.1, 0.15) is 141 Å². The first kappa shape index (κ1) is 90.7. The molecule has 4 aliphatic carbocycles. The van der Waals surface area contributed by atoms with Crippen molar-refractivity contribution in [1.29, 1.82) is 0 Å². The molecule has 696 valence electrons. The summed E-state index contributed by atoms with van der Waals surface area (Å²) < 4.78 is 6.32. The van der Waals surface area contributed by atoms with Gasteiger partial charge in [-0.2, -0.15) is 0 Å². The Labute approximate surface area is 843 Å². The number of nitrogens with zero attached hydrogens (tertiary/aromatic N) is 3. The molecule has 21 aromatic rings. The van der Waals surface area contributed by atoms with Crippen LogP contribution in [0, 0.1) is 0 Å². The SMILES string of the molecule is CC1(C)c2cc(-c3ccccc3)ccc2-c2ccc(N(c3ccccc3)c3cccc4oc5ccccc5c34)cc2C1(C)C.CC1(C)c2ccc(-c3ccccc3)cc2-c2cc(N(c3ccc(-c4ccccc4)cc3)c3ccc4ccccc4c3)ccc2C1(C)C.CC1(C)c2ccccc2-c2cccc(N(c3ccccc3)c3ccc4c(c3)C(C)(C)C(C)(C)c3ccc(-c5cccc(-c6ccccc6)c5)cc3-4)c21. The lowest BCUT2D eigenvalue weighted by Gasteiger charge is -2.48. The quantitative estimate of drug-likeness (QED) is 0.108. The number of hydrogen-bond acceptors (Lipinski definition) is 4. The fourth-order valence-electron chi connectivity index (χ4n) is 23.7. The summed E-state index contributed by atoms with van der Waals surface area (Å²) in [5.41, 5.74) is 45.6. The van der Waals surface area contributed by atoms with Gasteiger partial charge in [0, 0.05) is 50.6 Å². The zero-order chi connectivity index (χ0) is 98.1. The zero-order valence-electron chi connectivity index (χ0n) is 84.2. The van der Waals surface area contributed by atoms with Crippen molar-refractivity contribution >= 4 is 83.9 Å². The molecule has 0 saturated carbocycles. The van der Waals surface area contributed by atoms with E-state index in [-0.39, 0.29) is 37.9 Å². The van der Waals surface area contributed by atoms with Crippen LogP contribution in [0.5, 0.6) is 0 Å². The van der Waals surface area contributed by atoms with Crippen molar-refractivity contribution in [3.05, 3.63) is 512 Å². The summed E-state index contributed by atoms with van der Waals surface area (Å²) in [4.78, 5) is 7.30. The maximum atomic E-state index is 6.32. The third-order valence-electron chi connectivity index (χ3n) is 33.6. The Balaban J connectivity index is 0.000000119. The van der Waals surface area contributed by atoms with Crippen molar-refractivity contribution in [2.75, 3.05) is 14.7 Å². The molecule has 0 fully saturated rings. The summed E-state index contributed by atoms with van der Waals surface area (Å²) in [6, 6.07) is 171. The van der Waals surface area contributed by atoms with Gasteiger partial charge in [-0.05, 0) is 321 Å². The number of benzene rings is 20. The van der Waals surface area contributed by atoms with Gasteiger partial charge in [-0.3, -0.25) is 0 Å². The molecular weight excluding hydrogens is 1730 g/mol. The fourth-order valence-corrected chi connectivity index (χ4v) is 23.7. The average molecular weight is 1850 g/mol. The highest BCUT2D eigenvalue weighted by atomic mass is 16.3. The molecule has 4 aliphatic rings. The van der Waals surface area contributed by atoms with Crippen molar-refractivity contribution < 1.29 is 4.42 Å². The number of hydrogen-bond donors (Lipinski definition) is 0. The molecule has 1 heterocycles. The predicted octanol–water partition coefficient (Wildman–Crippen LogP) is 38.9. The molecule has 143 heavy (non-hydrogen) atoms. The summed E-state index contributed by atoms with van der Waals surface area (Å²) >= 11 is 0. The monoisotopic (exact) mass is 1850 g/mol. The van der Waals surface area contributed by atoms with E-state index >= 15 is 0 Å². The first-order valence-corrected chi connectivity index (χ1v) is 50.7. The molecule has 0 radical (unpaired) electrons. The molecule has 0 bridgehead atoms. The highest BCUT2D eigenvalue weighted by molar-refractivity contribution is 6.13. The van der Waals surface area contributed by atoms with Crippen LogP contribution in [0.2, 0.25) is 0 Å². The van der Waals surface area contributed by atoms with Gasteiger partial charge in [0.25, 0.3) is 0 Å². The van der Waals surface area contributed by atoms with Crippen LogP contribution in [0.3, 0.4) is 0 Å². The second kappa shape index (κ2) is 35.3. The van der Waals surface area contributed by atoms with E-state index in [0.29, 0.717) is 0 Å². The van der Waals surface area contributed by atoms with E-state index in [0.717, 1.165) is 61.8 Å². The number of fused-ring (bicyclic) bond motifs is 16. The summed E-state index contributed by atoms with van der Waals surface area (Å²) in [6.45, 7) is 33.7. The van der Waals surface area contributed by atoms with E-state index in [1.807, 2.05) is 6.07 Å². The van der Waals surface area contributed by atoms with Crippen LogP contribution in [0.4, 0.5) is 51.2 Å². The van der Waals surface area contributed by atoms with E-state index in [1.165, 1.54) is 167 Å². The van der Waals surface area contributed by atoms with E-state index in [4.69, 9.17) is 4.42 Å². The Bertz CT molecular complexity index is 8450. The van der Waals surface area contributed by atoms with Crippen molar-refractivity contribution in [1.82, 2.24) is 0 Å². The molecule has 0 amide bonds. The topological polar surface area (TPSA) is 22.9 Å². The lowest BCUT2D eigenvalue weighted by atomic mass is 9.55. The van der Waals surface area contributed by atoms with Crippen LogP contribution in [0.25, 0.3) is 133 Å². The molecule has 0 spiro atoms. The Kier molecular flexibility index (Phi) is 22.4. The maximum absolute atomic E-state index is 6.32. The first-order valence-electron chi connectivity index (χ1n) is 50.7. The standard InChI is InChI=1S/C51H45N.C46H39N.C42H35NO/c1-49(2)44-25-14-13-23-40(44)42-24-16-26-47(48(42)49)52(38-21-11-8-12-22-38)39-28-29-41-43-32-37(27-30-45(43)50(3,4)51(5,6)46(41)33-39)36-20-15-19-35(31-36)34-17-9-7-10-18-34;1-45(2)43-27-22-37(33-15-9-6-10-16-33)30-41(43)42-31-40(26-28-44(42)46(45,3)4)47(39-25-21-34-17-11-12-18-36(34)29-39)38-23-19-35(20-24-38)32-13-7-5-8-14-32;1-41(2)35-26-29(28-14-7-5-8-15-28)22-24-32(35)33-25-23-31(27-36(33)42(41,3)4)43(30-16-9-6-10-17-30)37-19-13-21-39-40(37)34-18-11-12-20-38(34)44-39/h7-33H,1-6H3;5-31H,1-4H3;5-27H,1-4H3. The Morgan fingerprint density at radius 2 is 0.490 bits per heavy atom. The fraction of sp³-hybridized carbons (Fsp3) is 0.151. The smallest absolute Gasteiger partial charge is 0.137 e. The summed E-state index contributed by atoms with van der Waals surface area (Å²) in [6.07, 6.45) is 0. The number of anilines is 9. The van der Waals surface area contributed by atoms with E-state index < -0.39 is 0 Å². The van der Waals surface area contributed by atoms with Crippen LogP contribution < -0.4 is 14.7 Å². The lowest BCUT2D eigenvalue weighted by molar-refractivity contribution is 0.299. The minimum absolute atomic E-state index is 0.0443. The van der Waals surface area contributed by atoms with Gasteiger partial charge in [0.1, 0.15) is 11.2 Å². The van der Waals surface area contributed by atoms with Crippen molar-refractivity contribution in [2.24, 2.45) is 0 Å². The van der Waals surface area contributed by atoms with Crippen molar-refractivity contribution in [3.63, 3.8) is 0 Å². The molecule has 25 rings (SSSR count). The Hall–Kier alpha value is -16.1. The Morgan fingerprint density at radius 3 is 1.06 bits per heavy atom. The van der Waals surface area contributed by atoms with Gasteiger partial charge in [0.05, 0.1) is 16.8 Å². The summed E-state index contributed by atoms with van der Waals surface area (Å²) in [5, 5.41) is 4.73. The normalized spacial score (nSPS) is 14.9. The van der Waals surface area contributed by atoms with Crippen molar-refractivity contribution in [2.45, 2.75) is 135 Å². The second-order valence-electron chi connectivity index (χ2n) is 43.1. The maximum Gasteiger partial charge on any atom is 0.137 e. The minimum atomic E-state index is -0.141. The van der Waals surface area contributed by atoms with Gasteiger partial charge >= 0.3 is 0 Å². The van der Waals surface area contributed by atoms with Crippen LogP contribution in [-0.4, -0.2) is 0 Å². The van der Waals surface area contributed by atoms with Crippen LogP contribution in [0.15, 0.2) is 472 Å². The highest BCUT2D eigenvalue weighted by Gasteiger charge is 2.50. The molecule has 0 unspecified atom stereocenters. The van der Waals surface area contributed by atoms with Gasteiger partial charge in [0.15, 0.2) is 0 Å². The van der Waals surface area contributed by atoms with Crippen LogP contribution in [-0.2, 0) is 37.9 Å².